The summed E-state index contributed by atoms with van der Waals surface area (Å²) in [5, 5.41) is 6.82. The van der Waals surface area contributed by atoms with Crippen LogP contribution in [0.1, 0.15) is 12.8 Å². The molecule has 0 aliphatic carbocycles. The Morgan fingerprint density at radius 3 is 3.00 bits per heavy atom. The summed E-state index contributed by atoms with van der Waals surface area (Å²) in [6, 6.07) is 0.662. The molecule has 2 N–H and O–H groups in total. The zero-order chi connectivity index (χ0) is 10.3. The summed E-state index contributed by atoms with van der Waals surface area (Å²) in [4.78, 5) is 2.49. The van der Waals surface area contributed by atoms with Crippen LogP contribution in [-0.4, -0.2) is 56.9 Å². The van der Waals surface area contributed by atoms with E-state index < -0.39 is 0 Å². The third-order valence-corrected chi connectivity index (χ3v) is 3.10. The lowest BCUT2D eigenvalue weighted by atomic mass is 10.2. The Bertz CT molecular complexity index is 165. The van der Waals surface area contributed by atoms with Crippen molar-refractivity contribution in [3.63, 3.8) is 0 Å². The van der Waals surface area contributed by atoms with Crippen LogP contribution in [0.4, 0.5) is 0 Å². The Hall–Kier alpha value is -0.160. The molecule has 1 radical (unpaired) electrons. The molecule has 1 atom stereocenters. The van der Waals surface area contributed by atoms with Gasteiger partial charge in [0.25, 0.3) is 0 Å². The molecule has 0 bridgehead atoms. The fourth-order valence-electron chi connectivity index (χ4n) is 2.12. The largest absolute Gasteiger partial charge is 0.379 e. The summed E-state index contributed by atoms with van der Waals surface area (Å²) in [7, 11) is 0. The molecule has 0 aromatic rings. The van der Waals surface area contributed by atoms with E-state index in [0.717, 1.165) is 45.8 Å². The van der Waals surface area contributed by atoms with Gasteiger partial charge < -0.3 is 15.4 Å². The summed E-state index contributed by atoms with van der Waals surface area (Å²) >= 11 is 0. The molecular formula is C11H22N3O. The van der Waals surface area contributed by atoms with Crippen LogP contribution in [0.5, 0.6) is 0 Å². The second-order valence-corrected chi connectivity index (χ2v) is 4.31. The minimum Gasteiger partial charge on any atom is -0.379 e. The molecule has 2 aliphatic rings. The number of nitrogens with zero attached hydrogens (tertiary/aromatic N) is 1. The Morgan fingerprint density at radius 2 is 2.27 bits per heavy atom. The number of ether oxygens (including phenoxy) is 1. The highest BCUT2D eigenvalue weighted by Crippen LogP contribution is 2.01. The van der Waals surface area contributed by atoms with Gasteiger partial charge in [-0.15, -0.1) is 0 Å². The fraction of sp³-hybridized carbons (Fsp3) is 0.909. The summed E-state index contributed by atoms with van der Waals surface area (Å²) in [6.45, 7) is 9.64. The van der Waals surface area contributed by atoms with Crippen LogP contribution in [0.25, 0.3) is 0 Å². The zero-order valence-electron chi connectivity index (χ0n) is 9.37. The molecule has 15 heavy (non-hydrogen) atoms. The minimum atomic E-state index is 0.662. The fourth-order valence-corrected chi connectivity index (χ4v) is 2.12. The van der Waals surface area contributed by atoms with Crippen molar-refractivity contribution in [1.82, 2.24) is 15.5 Å². The maximum absolute atomic E-state index is 5.32. The molecule has 2 saturated heterocycles. The van der Waals surface area contributed by atoms with Crippen LogP contribution in [0, 0.1) is 6.54 Å². The highest BCUT2D eigenvalue weighted by atomic mass is 16.5. The van der Waals surface area contributed by atoms with Gasteiger partial charge in [0.1, 0.15) is 0 Å². The highest BCUT2D eigenvalue weighted by molar-refractivity contribution is 4.84. The van der Waals surface area contributed by atoms with E-state index in [2.05, 4.69) is 22.1 Å². The van der Waals surface area contributed by atoms with Gasteiger partial charge in [-0.2, -0.15) is 0 Å². The molecule has 0 aromatic carbocycles. The molecule has 0 aromatic heterocycles. The van der Waals surface area contributed by atoms with Crippen molar-refractivity contribution in [3.8, 4) is 0 Å². The zero-order valence-corrected chi connectivity index (χ0v) is 9.37. The monoisotopic (exact) mass is 212 g/mol. The lowest BCUT2D eigenvalue weighted by Crippen LogP contribution is -2.39. The number of rotatable bonds is 5. The van der Waals surface area contributed by atoms with Crippen LogP contribution in [0.15, 0.2) is 0 Å². The van der Waals surface area contributed by atoms with Gasteiger partial charge in [0.15, 0.2) is 0 Å². The minimum absolute atomic E-state index is 0.662. The molecule has 1 unspecified atom stereocenters. The molecule has 0 saturated carbocycles. The van der Waals surface area contributed by atoms with Gasteiger partial charge in [-0.25, -0.2) is 0 Å². The maximum atomic E-state index is 5.32. The average molecular weight is 212 g/mol. The van der Waals surface area contributed by atoms with Crippen LogP contribution in [0.3, 0.4) is 0 Å². The molecule has 2 fully saturated rings. The summed E-state index contributed by atoms with van der Waals surface area (Å²) in [5.74, 6) is 0. The Labute approximate surface area is 92.4 Å². The number of hydrogen-bond donors (Lipinski definition) is 2. The predicted octanol–water partition coefficient (Wildman–Crippen LogP) is -0.178. The van der Waals surface area contributed by atoms with Crippen molar-refractivity contribution < 1.29 is 4.74 Å². The normalized spacial score (nSPS) is 28.4. The summed E-state index contributed by atoms with van der Waals surface area (Å²) in [6.07, 6.45) is 2.41. The first-order valence-corrected chi connectivity index (χ1v) is 6.04. The van der Waals surface area contributed by atoms with Crippen LogP contribution >= 0.6 is 0 Å². The van der Waals surface area contributed by atoms with Crippen molar-refractivity contribution >= 4 is 0 Å². The van der Waals surface area contributed by atoms with Crippen molar-refractivity contribution in [2.75, 3.05) is 45.9 Å². The van der Waals surface area contributed by atoms with E-state index >= 15 is 0 Å². The van der Waals surface area contributed by atoms with Gasteiger partial charge in [-0.05, 0) is 25.9 Å². The first-order valence-electron chi connectivity index (χ1n) is 6.04. The van der Waals surface area contributed by atoms with Gasteiger partial charge in [0.2, 0.25) is 0 Å². The van der Waals surface area contributed by atoms with E-state index in [1.807, 2.05) is 0 Å². The van der Waals surface area contributed by atoms with E-state index in [9.17, 15) is 0 Å². The Morgan fingerprint density at radius 1 is 1.40 bits per heavy atom. The standard InChI is InChI=1S/C11H22N3O/c1(3-13-11-2-4-12-10-11)5-14-6-8-15-9-7-14/h4,11-13H,1-3,5-10H2. The lowest BCUT2D eigenvalue weighted by Gasteiger charge is -2.26. The molecular weight excluding hydrogens is 190 g/mol. The average Bonchev–Trinajstić information content (AvgIpc) is 2.79. The van der Waals surface area contributed by atoms with E-state index in [1.54, 1.807) is 0 Å². The highest BCUT2D eigenvalue weighted by Gasteiger charge is 2.13. The molecule has 2 heterocycles. The Kier molecular flexibility index (Phi) is 4.86. The molecule has 0 amide bonds. The van der Waals surface area contributed by atoms with Gasteiger partial charge in [-0.1, -0.05) is 0 Å². The molecule has 2 aliphatic heterocycles. The summed E-state index contributed by atoms with van der Waals surface area (Å²) < 4.78 is 5.32. The number of morpholine rings is 1. The van der Waals surface area contributed by atoms with Crippen LogP contribution in [0.2, 0.25) is 0 Å². The van der Waals surface area contributed by atoms with Gasteiger partial charge in [0, 0.05) is 32.2 Å². The van der Waals surface area contributed by atoms with Crippen molar-refractivity contribution in [1.29, 1.82) is 0 Å². The molecule has 0 spiro atoms. The summed E-state index contributed by atoms with van der Waals surface area (Å²) in [5.41, 5.74) is 0. The van der Waals surface area contributed by atoms with Crippen LogP contribution in [-0.2, 0) is 4.74 Å². The first-order chi connectivity index (χ1) is 7.45. The van der Waals surface area contributed by atoms with E-state index in [1.165, 1.54) is 13.0 Å². The van der Waals surface area contributed by atoms with Crippen LogP contribution < -0.4 is 10.6 Å². The third kappa shape index (κ3) is 4.07. The number of hydrogen-bond acceptors (Lipinski definition) is 4. The van der Waals surface area contributed by atoms with Crippen molar-refractivity contribution in [2.45, 2.75) is 18.9 Å². The molecule has 4 heteroatoms. The van der Waals surface area contributed by atoms with Gasteiger partial charge in [0.05, 0.1) is 13.2 Å². The predicted molar refractivity (Wildman–Crippen MR) is 60.6 cm³/mol. The SMILES string of the molecule is [CH]1CC(NCCCN2CCOCC2)CN1. The first kappa shape index (κ1) is 11.3. The maximum Gasteiger partial charge on any atom is 0.0594 e. The molecule has 87 valence electrons. The molecule has 4 nitrogen and oxygen atoms in total. The lowest BCUT2D eigenvalue weighted by molar-refractivity contribution is 0.0374. The van der Waals surface area contributed by atoms with Crippen molar-refractivity contribution in [2.24, 2.45) is 0 Å². The molecule has 2 rings (SSSR count). The van der Waals surface area contributed by atoms with E-state index in [4.69, 9.17) is 4.74 Å². The van der Waals surface area contributed by atoms with Gasteiger partial charge in [-0.3, -0.25) is 4.90 Å². The third-order valence-electron chi connectivity index (χ3n) is 3.10. The topological polar surface area (TPSA) is 36.5 Å². The second kappa shape index (κ2) is 6.43. The number of nitrogens with one attached hydrogen (secondary N) is 2. The quantitative estimate of drug-likeness (QED) is 0.620. The Balaban J connectivity index is 1.47. The van der Waals surface area contributed by atoms with E-state index in [0.29, 0.717) is 6.04 Å². The smallest absolute Gasteiger partial charge is 0.0594 e. The van der Waals surface area contributed by atoms with Crippen molar-refractivity contribution in [3.05, 3.63) is 6.54 Å². The second-order valence-electron chi connectivity index (χ2n) is 4.31. The van der Waals surface area contributed by atoms with E-state index in [-0.39, 0.29) is 0 Å². The van der Waals surface area contributed by atoms with Gasteiger partial charge >= 0.3 is 0 Å².